The van der Waals surface area contributed by atoms with Crippen molar-refractivity contribution in [3.63, 3.8) is 0 Å². The predicted molar refractivity (Wildman–Crippen MR) is 97.5 cm³/mol. The topological polar surface area (TPSA) is 80.7 Å². The van der Waals surface area contributed by atoms with E-state index >= 15 is 0 Å². The van der Waals surface area contributed by atoms with Crippen molar-refractivity contribution in [3.05, 3.63) is 54.0 Å². The smallest absolute Gasteiger partial charge is 0.218 e. The highest BCUT2D eigenvalue weighted by Crippen LogP contribution is 2.15. The molecule has 2 heterocycles. The third-order valence-corrected chi connectivity index (χ3v) is 3.29. The first-order valence-corrected chi connectivity index (χ1v) is 8.31. The summed E-state index contributed by atoms with van der Waals surface area (Å²) in [6.45, 7) is 4.86. The summed E-state index contributed by atoms with van der Waals surface area (Å²) in [4.78, 5) is 13.2. The Labute approximate surface area is 148 Å². The number of ether oxygens (including phenoxy) is 2. The third-order valence-electron chi connectivity index (χ3n) is 3.29. The van der Waals surface area contributed by atoms with Crippen LogP contribution in [0.1, 0.15) is 18.2 Å². The summed E-state index contributed by atoms with van der Waals surface area (Å²) in [7, 11) is 1.64. The Balaban J connectivity index is 1.98. The van der Waals surface area contributed by atoms with Gasteiger partial charge in [0.1, 0.15) is 6.61 Å². The number of aliphatic imine (C=N–C) groups is 1. The molecule has 0 aliphatic rings. The zero-order chi connectivity index (χ0) is 17.7. The Morgan fingerprint density at radius 3 is 2.72 bits per heavy atom. The average molecular weight is 343 g/mol. The summed E-state index contributed by atoms with van der Waals surface area (Å²) >= 11 is 0. The summed E-state index contributed by atoms with van der Waals surface area (Å²) in [6.07, 6.45) is 3.49. The minimum atomic E-state index is 0.461. The first-order chi connectivity index (χ1) is 12.3. The Hall–Kier alpha value is -2.67. The van der Waals surface area contributed by atoms with Crippen LogP contribution >= 0.6 is 0 Å². The Bertz CT molecular complexity index is 649. The minimum absolute atomic E-state index is 0.461. The van der Waals surface area contributed by atoms with Crippen molar-refractivity contribution in [2.75, 3.05) is 26.9 Å². The molecule has 0 aliphatic heterocycles. The van der Waals surface area contributed by atoms with Crippen molar-refractivity contribution in [2.24, 2.45) is 4.99 Å². The van der Waals surface area contributed by atoms with Gasteiger partial charge in [0.2, 0.25) is 5.88 Å². The highest BCUT2D eigenvalue weighted by Gasteiger charge is 2.05. The van der Waals surface area contributed by atoms with Crippen molar-refractivity contribution >= 4 is 5.96 Å². The van der Waals surface area contributed by atoms with Gasteiger partial charge < -0.3 is 20.1 Å². The van der Waals surface area contributed by atoms with Crippen molar-refractivity contribution in [1.29, 1.82) is 0 Å². The Morgan fingerprint density at radius 2 is 1.96 bits per heavy atom. The van der Waals surface area contributed by atoms with Crippen molar-refractivity contribution < 1.29 is 9.47 Å². The molecule has 2 aromatic rings. The quantitative estimate of drug-likeness (QED) is 0.410. The molecule has 0 amide bonds. The van der Waals surface area contributed by atoms with E-state index in [1.54, 1.807) is 19.5 Å². The molecule has 0 bridgehead atoms. The number of hydrogen-bond acceptors (Lipinski definition) is 5. The van der Waals surface area contributed by atoms with Gasteiger partial charge in [-0.05, 0) is 25.1 Å². The lowest BCUT2D eigenvalue weighted by Crippen LogP contribution is -2.37. The zero-order valence-electron chi connectivity index (χ0n) is 14.7. The standard InChI is InChI=1S/C18H25N5O2/c1-3-19-18(23-14-16-8-4-5-9-20-16)22-13-15-7-6-10-21-17(15)25-12-11-24-2/h4-10H,3,11-14H2,1-2H3,(H2,19,22,23). The van der Waals surface area contributed by atoms with Crippen LogP contribution in [0.25, 0.3) is 0 Å². The van der Waals surface area contributed by atoms with Crippen LogP contribution in [0, 0.1) is 0 Å². The van der Waals surface area contributed by atoms with Crippen LogP contribution in [0.15, 0.2) is 47.7 Å². The summed E-state index contributed by atoms with van der Waals surface area (Å²) in [5.41, 5.74) is 1.88. The van der Waals surface area contributed by atoms with E-state index in [-0.39, 0.29) is 0 Å². The fraction of sp³-hybridized carbons (Fsp3) is 0.389. The van der Waals surface area contributed by atoms with Gasteiger partial charge in [-0.25, -0.2) is 9.98 Å². The van der Waals surface area contributed by atoms with Gasteiger partial charge >= 0.3 is 0 Å². The first kappa shape index (κ1) is 18.7. The van der Waals surface area contributed by atoms with E-state index in [1.165, 1.54) is 0 Å². The summed E-state index contributed by atoms with van der Waals surface area (Å²) in [6, 6.07) is 9.67. The molecule has 2 aromatic heterocycles. The van der Waals surface area contributed by atoms with Crippen molar-refractivity contribution in [3.8, 4) is 5.88 Å². The molecule has 0 fully saturated rings. The van der Waals surface area contributed by atoms with Crippen LogP contribution in [0.4, 0.5) is 0 Å². The predicted octanol–water partition coefficient (Wildman–Crippen LogP) is 1.76. The van der Waals surface area contributed by atoms with Crippen molar-refractivity contribution in [2.45, 2.75) is 20.0 Å². The number of pyridine rings is 2. The number of methoxy groups -OCH3 is 1. The van der Waals surface area contributed by atoms with E-state index in [9.17, 15) is 0 Å². The second kappa shape index (κ2) is 11.0. The van der Waals surface area contributed by atoms with Gasteiger partial charge in [0.05, 0.1) is 25.4 Å². The first-order valence-electron chi connectivity index (χ1n) is 8.31. The highest BCUT2D eigenvalue weighted by molar-refractivity contribution is 5.79. The molecule has 0 radical (unpaired) electrons. The molecule has 0 aliphatic carbocycles. The molecule has 25 heavy (non-hydrogen) atoms. The molecule has 0 unspecified atom stereocenters. The zero-order valence-corrected chi connectivity index (χ0v) is 14.7. The van der Waals surface area contributed by atoms with Gasteiger partial charge in [0.15, 0.2) is 5.96 Å². The Kier molecular flexibility index (Phi) is 8.20. The molecule has 0 aromatic carbocycles. The molecule has 0 spiro atoms. The van der Waals surface area contributed by atoms with Gasteiger partial charge in [-0.2, -0.15) is 0 Å². The lowest BCUT2D eigenvalue weighted by atomic mass is 10.3. The number of nitrogens with one attached hydrogen (secondary N) is 2. The van der Waals surface area contributed by atoms with E-state index in [0.29, 0.717) is 32.2 Å². The van der Waals surface area contributed by atoms with Crippen molar-refractivity contribution in [1.82, 2.24) is 20.6 Å². The Morgan fingerprint density at radius 1 is 1.08 bits per heavy atom. The normalized spacial score (nSPS) is 11.2. The average Bonchev–Trinajstić information content (AvgIpc) is 2.66. The SMILES string of the molecule is CCNC(=NCc1cccnc1OCCOC)NCc1ccccn1. The van der Waals surface area contributed by atoms with E-state index in [1.807, 2.05) is 37.3 Å². The van der Waals surface area contributed by atoms with Crippen LogP contribution in [0.5, 0.6) is 5.88 Å². The van der Waals surface area contributed by atoms with Crippen LogP contribution in [0.3, 0.4) is 0 Å². The van der Waals surface area contributed by atoms with Crippen LogP contribution in [-0.2, 0) is 17.8 Å². The maximum absolute atomic E-state index is 5.64. The number of guanidine groups is 1. The fourth-order valence-electron chi connectivity index (χ4n) is 2.08. The molecule has 134 valence electrons. The molecule has 0 atom stereocenters. The van der Waals surface area contributed by atoms with E-state index in [4.69, 9.17) is 9.47 Å². The van der Waals surface area contributed by atoms with Crippen LogP contribution < -0.4 is 15.4 Å². The van der Waals surface area contributed by atoms with Gasteiger partial charge in [-0.3, -0.25) is 4.98 Å². The monoisotopic (exact) mass is 343 g/mol. The second-order valence-corrected chi connectivity index (χ2v) is 5.18. The second-order valence-electron chi connectivity index (χ2n) is 5.18. The van der Waals surface area contributed by atoms with Gasteiger partial charge in [0.25, 0.3) is 0 Å². The minimum Gasteiger partial charge on any atom is -0.475 e. The molecular formula is C18H25N5O2. The number of hydrogen-bond donors (Lipinski definition) is 2. The molecule has 0 saturated heterocycles. The molecule has 2 N–H and O–H groups in total. The van der Waals surface area contributed by atoms with E-state index in [0.717, 1.165) is 23.8 Å². The molecule has 0 saturated carbocycles. The van der Waals surface area contributed by atoms with Crippen LogP contribution in [0.2, 0.25) is 0 Å². The number of aromatic nitrogens is 2. The lowest BCUT2D eigenvalue weighted by molar-refractivity contribution is 0.143. The maximum Gasteiger partial charge on any atom is 0.218 e. The number of nitrogens with zero attached hydrogens (tertiary/aromatic N) is 3. The molecule has 7 heteroatoms. The van der Waals surface area contributed by atoms with Crippen LogP contribution in [-0.4, -0.2) is 42.8 Å². The lowest BCUT2D eigenvalue weighted by Gasteiger charge is -2.12. The molecule has 2 rings (SSSR count). The molecular weight excluding hydrogens is 318 g/mol. The fourth-order valence-corrected chi connectivity index (χ4v) is 2.08. The maximum atomic E-state index is 5.64. The van der Waals surface area contributed by atoms with Gasteiger partial charge in [-0.1, -0.05) is 12.1 Å². The summed E-state index contributed by atoms with van der Waals surface area (Å²) < 4.78 is 10.6. The van der Waals surface area contributed by atoms with Gasteiger partial charge in [-0.15, -0.1) is 0 Å². The van der Waals surface area contributed by atoms with E-state index < -0.39 is 0 Å². The number of rotatable bonds is 9. The van der Waals surface area contributed by atoms with E-state index in [2.05, 4.69) is 25.6 Å². The summed E-state index contributed by atoms with van der Waals surface area (Å²) in [5.74, 6) is 1.31. The largest absolute Gasteiger partial charge is 0.475 e. The molecule has 7 nitrogen and oxygen atoms in total. The highest BCUT2D eigenvalue weighted by atomic mass is 16.5. The summed E-state index contributed by atoms with van der Waals surface area (Å²) in [5, 5.41) is 6.50. The van der Waals surface area contributed by atoms with Gasteiger partial charge in [0, 0.05) is 31.6 Å². The third kappa shape index (κ3) is 6.76.